The molecule has 1 aliphatic carbocycles. The predicted molar refractivity (Wildman–Crippen MR) is 79.9 cm³/mol. The van der Waals surface area contributed by atoms with Crippen molar-refractivity contribution in [3.05, 3.63) is 18.0 Å². The third-order valence-electron chi connectivity index (χ3n) is 4.06. The lowest BCUT2D eigenvalue weighted by molar-refractivity contribution is 0.350. The summed E-state index contributed by atoms with van der Waals surface area (Å²) in [5, 5.41) is 0. The molecule has 1 saturated carbocycles. The van der Waals surface area contributed by atoms with E-state index in [1.54, 1.807) is 12.3 Å². The molecule has 2 rings (SSSR count). The Labute approximate surface area is 121 Å². The molecule has 1 aromatic rings. The van der Waals surface area contributed by atoms with Gasteiger partial charge in [-0.1, -0.05) is 20.8 Å². The quantitative estimate of drug-likeness (QED) is 0.808. The standard InChI is InChI=1S/C14H25N3O2S/c1-4-14(2,3)10-16-20(18,19)13-7-12(8-15)17(9-13)11-5-6-11/h7,9,11,16H,4-6,8,10,15H2,1-3H3. The van der Waals surface area contributed by atoms with Crippen molar-refractivity contribution in [2.75, 3.05) is 6.54 Å². The fraction of sp³-hybridized carbons (Fsp3) is 0.714. The second-order valence-electron chi connectivity index (χ2n) is 6.35. The fourth-order valence-corrected chi connectivity index (χ4v) is 3.29. The lowest BCUT2D eigenvalue weighted by atomic mass is 9.91. The van der Waals surface area contributed by atoms with E-state index >= 15 is 0 Å². The normalized spacial score (nSPS) is 16.6. The van der Waals surface area contributed by atoms with Crippen molar-refractivity contribution < 1.29 is 8.42 Å². The summed E-state index contributed by atoms with van der Waals surface area (Å²) in [6, 6.07) is 2.13. The van der Waals surface area contributed by atoms with Gasteiger partial charge >= 0.3 is 0 Å². The Morgan fingerprint density at radius 3 is 2.60 bits per heavy atom. The second-order valence-corrected chi connectivity index (χ2v) is 8.12. The Hall–Kier alpha value is -0.850. The smallest absolute Gasteiger partial charge is 0.242 e. The van der Waals surface area contributed by atoms with Crippen molar-refractivity contribution in [1.82, 2.24) is 9.29 Å². The Morgan fingerprint density at radius 1 is 1.45 bits per heavy atom. The van der Waals surface area contributed by atoms with Crippen LogP contribution in [0.25, 0.3) is 0 Å². The monoisotopic (exact) mass is 299 g/mol. The van der Waals surface area contributed by atoms with Gasteiger partial charge in [0.1, 0.15) is 0 Å². The summed E-state index contributed by atoms with van der Waals surface area (Å²) in [5.74, 6) is 0. The molecule has 0 amide bonds. The zero-order valence-corrected chi connectivity index (χ0v) is 13.3. The van der Waals surface area contributed by atoms with E-state index in [9.17, 15) is 8.42 Å². The molecular formula is C14H25N3O2S. The van der Waals surface area contributed by atoms with Crippen molar-refractivity contribution in [3.63, 3.8) is 0 Å². The maximum Gasteiger partial charge on any atom is 0.242 e. The summed E-state index contributed by atoms with van der Waals surface area (Å²) in [6.07, 6.45) is 4.86. The molecule has 5 nitrogen and oxygen atoms in total. The minimum Gasteiger partial charge on any atom is -0.346 e. The van der Waals surface area contributed by atoms with Crippen molar-refractivity contribution >= 4 is 10.0 Å². The SMILES string of the molecule is CCC(C)(C)CNS(=O)(=O)c1cc(CN)n(C2CC2)c1. The first-order chi connectivity index (χ1) is 9.29. The van der Waals surface area contributed by atoms with E-state index in [2.05, 4.69) is 25.5 Å². The highest BCUT2D eigenvalue weighted by atomic mass is 32.2. The van der Waals surface area contributed by atoms with Gasteiger partial charge in [0.25, 0.3) is 0 Å². The van der Waals surface area contributed by atoms with Crippen LogP contribution in [-0.4, -0.2) is 19.5 Å². The maximum atomic E-state index is 12.4. The van der Waals surface area contributed by atoms with Gasteiger partial charge in [-0.3, -0.25) is 0 Å². The molecule has 1 fully saturated rings. The molecule has 3 N–H and O–H groups in total. The van der Waals surface area contributed by atoms with E-state index in [1.165, 1.54) is 0 Å². The third-order valence-corrected chi connectivity index (χ3v) is 5.43. The van der Waals surface area contributed by atoms with E-state index in [-0.39, 0.29) is 5.41 Å². The van der Waals surface area contributed by atoms with Gasteiger partial charge in [0.2, 0.25) is 10.0 Å². The number of hydrogen-bond donors (Lipinski definition) is 2. The van der Waals surface area contributed by atoms with E-state index < -0.39 is 10.0 Å². The lowest BCUT2D eigenvalue weighted by Gasteiger charge is -2.22. The van der Waals surface area contributed by atoms with Gasteiger partial charge in [-0.2, -0.15) is 0 Å². The first kappa shape index (κ1) is 15.5. The summed E-state index contributed by atoms with van der Waals surface area (Å²) >= 11 is 0. The largest absolute Gasteiger partial charge is 0.346 e. The van der Waals surface area contributed by atoms with Gasteiger partial charge in [-0.05, 0) is 30.7 Å². The predicted octanol–water partition coefficient (Wildman–Crippen LogP) is 2.00. The number of aromatic nitrogens is 1. The highest BCUT2D eigenvalue weighted by Crippen LogP contribution is 2.37. The van der Waals surface area contributed by atoms with Crippen LogP contribution in [0.3, 0.4) is 0 Å². The van der Waals surface area contributed by atoms with Crippen LogP contribution in [0.2, 0.25) is 0 Å². The molecule has 20 heavy (non-hydrogen) atoms. The summed E-state index contributed by atoms with van der Waals surface area (Å²) < 4.78 is 29.4. The molecule has 114 valence electrons. The van der Waals surface area contributed by atoms with Gasteiger partial charge in [-0.15, -0.1) is 0 Å². The first-order valence-electron chi connectivity index (χ1n) is 7.19. The van der Waals surface area contributed by atoms with Gasteiger partial charge < -0.3 is 10.3 Å². The lowest BCUT2D eigenvalue weighted by Crippen LogP contribution is -2.33. The highest BCUT2D eigenvalue weighted by Gasteiger charge is 2.28. The molecule has 0 aromatic carbocycles. The molecule has 0 radical (unpaired) electrons. The average molecular weight is 299 g/mol. The van der Waals surface area contributed by atoms with Crippen molar-refractivity contribution in [2.24, 2.45) is 11.1 Å². The van der Waals surface area contributed by atoms with Gasteiger partial charge in [0.15, 0.2) is 0 Å². The number of nitrogens with zero attached hydrogens (tertiary/aromatic N) is 1. The van der Waals surface area contributed by atoms with Crippen molar-refractivity contribution in [2.45, 2.75) is 57.5 Å². The van der Waals surface area contributed by atoms with Gasteiger partial charge in [0, 0.05) is 31.0 Å². The molecule has 0 atom stereocenters. The summed E-state index contributed by atoms with van der Waals surface area (Å²) in [5.41, 5.74) is 6.55. The molecule has 0 unspecified atom stereocenters. The minimum absolute atomic E-state index is 0.0389. The van der Waals surface area contributed by atoms with E-state index in [1.807, 2.05) is 4.57 Å². The van der Waals surface area contributed by atoms with Gasteiger partial charge in [-0.25, -0.2) is 13.1 Å². The molecule has 1 heterocycles. The minimum atomic E-state index is -3.45. The summed E-state index contributed by atoms with van der Waals surface area (Å²) in [6.45, 7) is 6.97. The molecule has 1 aliphatic rings. The van der Waals surface area contributed by atoms with Crippen LogP contribution in [-0.2, 0) is 16.6 Å². The van der Waals surface area contributed by atoms with E-state index in [4.69, 9.17) is 5.73 Å². The van der Waals surface area contributed by atoms with Crippen molar-refractivity contribution in [3.8, 4) is 0 Å². The number of nitrogens with one attached hydrogen (secondary N) is 1. The van der Waals surface area contributed by atoms with Crippen molar-refractivity contribution in [1.29, 1.82) is 0 Å². The Balaban J connectivity index is 2.17. The molecule has 0 saturated heterocycles. The van der Waals surface area contributed by atoms with Crippen LogP contribution in [0.1, 0.15) is 51.8 Å². The Morgan fingerprint density at radius 2 is 2.10 bits per heavy atom. The van der Waals surface area contributed by atoms with Crippen LogP contribution in [0, 0.1) is 5.41 Å². The van der Waals surface area contributed by atoms with Crippen LogP contribution in [0.5, 0.6) is 0 Å². The summed E-state index contributed by atoms with van der Waals surface area (Å²) in [7, 11) is -3.45. The van der Waals surface area contributed by atoms with E-state index in [0.29, 0.717) is 24.0 Å². The fourth-order valence-electron chi connectivity index (χ4n) is 2.00. The van der Waals surface area contributed by atoms with Crippen LogP contribution < -0.4 is 10.5 Å². The third kappa shape index (κ3) is 3.42. The molecule has 1 aromatic heterocycles. The Kier molecular flexibility index (Phi) is 4.27. The molecule has 0 bridgehead atoms. The number of hydrogen-bond acceptors (Lipinski definition) is 3. The number of sulfonamides is 1. The highest BCUT2D eigenvalue weighted by molar-refractivity contribution is 7.89. The maximum absolute atomic E-state index is 12.4. The zero-order chi connectivity index (χ0) is 15.0. The topological polar surface area (TPSA) is 77.1 Å². The molecule has 0 spiro atoms. The second kappa shape index (κ2) is 5.50. The number of rotatable bonds is 7. The van der Waals surface area contributed by atoms with Crippen LogP contribution >= 0.6 is 0 Å². The average Bonchev–Trinajstić information content (AvgIpc) is 3.15. The Bertz CT molecular complexity index is 571. The zero-order valence-electron chi connectivity index (χ0n) is 12.5. The number of nitrogens with two attached hydrogens (primary N) is 1. The first-order valence-corrected chi connectivity index (χ1v) is 8.68. The van der Waals surface area contributed by atoms with Gasteiger partial charge in [0.05, 0.1) is 4.90 Å². The molecule has 6 heteroatoms. The molecular weight excluding hydrogens is 274 g/mol. The summed E-state index contributed by atoms with van der Waals surface area (Å²) in [4.78, 5) is 0.330. The van der Waals surface area contributed by atoms with Crippen LogP contribution in [0.4, 0.5) is 0 Å². The van der Waals surface area contributed by atoms with Crippen LogP contribution in [0.15, 0.2) is 17.2 Å². The van der Waals surface area contributed by atoms with E-state index in [0.717, 1.165) is 25.0 Å². The molecule has 0 aliphatic heterocycles.